The van der Waals surface area contributed by atoms with Gasteiger partial charge in [0.2, 0.25) is 11.8 Å². The lowest BCUT2D eigenvalue weighted by molar-refractivity contribution is -0.156. The predicted molar refractivity (Wildman–Crippen MR) is 114 cm³/mol. The summed E-state index contributed by atoms with van der Waals surface area (Å²) in [5.41, 5.74) is -2.02. The second kappa shape index (κ2) is 8.90. The van der Waals surface area contributed by atoms with Crippen LogP contribution >= 0.6 is 0 Å². The first-order valence-corrected chi connectivity index (χ1v) is 11.4. The normalized spacial score (nSPS) is 33.8. The number of unbranched alkanes of at least 4 members (excludes halogenated alkanes) is 3. The Kier molecular flexibility index (Phi) is 6.81. The molecule has 31 heavy (non-hydrogen) atoms. The van der Waals surface area contributed by atoms with Crippen molar-refractivity contribution in [1.82, 2.24) is 9.80 Å². The Morgan fingerprint density at radius 1 is 1.29 bits per heavy atom. The van der Waals surface area contributed by atoms with Gasteiger partial charge in [0.05, 0.1) is 17.4 Å². The fraction of sp³-hybridized carbons (Fsp3) is 0.783. The van der Waals surface area contributed by atoms with Gasteiger partial charge in [0.1, 0.15) is 11.6 Å². The Hall–Kier alpha value is -1.93. The molecule has 0 radical (unpaired) electrons. The van der Waals surface area contributed by atoms with E-state index < -0.39 is 35.0 Å². The smallest absolute Gasteiger partial charge is 0.310 e. The minimum Gasteiger partial charge on any atom is -0.481 e. The van der Waals surface area contributed by atoms with Crippen molar-refractivity contribution in [2.75, 3.05) is 19.7 Å². The zero-order valence-corrected chi connectivity index (χ0v) is 18.9. The number of likely N-dealkylation sites (tertiary alicyclic amines) is 1. The number of amides is 2. The molecule has 0 aromatic carbocycles. The van der Waals surface area contributed by atoms with E-state index in [1.807, 2.05) is 13.8 Å². The van der Waals surface area contributed by atoms with Crippen molar-refractivity contribution in [3.8, 4) is 0 Å². The summed E-state index contributed by atoms with van der Waals surface area (Å²) in [6, 6.07) is -0.914. The van der Waals surface area contributed by atoms with Gasteiger partial charge in [0.25, 0.3) is 0 Å². The van der Waals surface area contributed by atoms with Crippen molar-refractivity contribution in [2.24, 2.45) is 11.8 Å². The largest absolute Gasteiger partial charge is 0.481 e. The molecular weight excluding hydrogens is 400 g/mol. The topological polar surface area (TPSA) is 107 Å². The number of aliphatic hydroxyl groups excluding tert-OH is 1. The molecule has 1 spiro atoms. The number of carbonyl (C=O) groups excluding carboxylic acids is 2. The second-order valence-electron chi connectivity index (χ2n) is 9.61. The van der Waals surface area contributed by atoms with Gasteiger partial charge in [-0.1, -0.05) is 18.9 Å². The third kappa shape index (κ3) is 3.78. The van der Waals surface area contributed by atoms with Crippen LogP contribution in [0.15, 0.2) is 12.7 Å². The lowest BCUT2D eigenvalue weighted by Crippen LogP contribution is -2.57. The van der Waals surface area contributed by atoms with Gasteiger partial charge in [-0.3, -0.25) is 14.4 Å². The highest BCUT2D eigenvalue weighted by Gasteiger charge is 2.78. The van der Waals surface area contributed by atoms with Crippen LogP contribution in [0.4, 0.5) is 0 Å². The summed E-state index contributed by atoms with van der Waals surface area (Å²) >= 11 is 0. The summed E-state index contributed by atoms with van der Waals surface area (Å²) in [6.45, 7) is 10.2. The predicted octanol–water partition coefficient (Wildman–Crippen LogP) is 1.81. The van der Waals surface area contributed by atoms with Gasteiger partial charge in [0.15, 0.2) is 0 Å². The number of carboxylic acid groups (broad SMARTS) is 1. The molecule has 0 aromatic rings. The Morgan fingerprint density at radius 3 is 2.55 bits per heavy atom. The molecule has 3 aliphatic heterocycles. The average Bonchev–Trinajstić information content (AvgIpc) is 3.26. The van der Waals surface area contributed by atoms with Crippen LogP contribution in [-0.4, -0.2) is 80.8 Å². The summed E-state index contributed by atoms with van der Waals surface area (Å²) in [4.78, 5) is 42.8. The van der Waals surface area contributed by atoms with Crippen molar-refractivity contribution in [3.05, 3.63) is 12.7 Å². The minimum atomic E-state index is -1.09. The lowest BCUT2D eigenvalue weighted by Gasteiger charge is -2.38. The molecule has 5 atom stereocenters. The second-order valence-corrected chi connectivity index (χ2v) is 9.61. The number of hydrogen-bond donors (Lipinski definition) is 2. The molecule has 2 N–H and O–H groups in total. The number of hydrogen-bond acceptors (Lipinski definition) is 5. The van der Waals surface area contributed by atoms with Crippen molar-refractivity contribution in [2.45, 2.75) is 82.6 Å². The van der Waals surface area contributed by atoms with E-state index in [2.05, 4.69) is 6.58 Å². The maximum atomic E-state index is 13.8. The molecule has 2 unspecified atom stereocenters. The van der Waals surface area contributed by atoms with E-state index in [1.165, 1.54) is 0 Å². The standard InChI is InChI=1S/C23H36N2O6/c1-5-12-24(15(2)3)20(28)18-23-11-10-22(4,31-23)17(21(29)30)16(23)19(27)25(18)13-8-6-7-9-14-26/h5,15-18,26H,1,6-14H2,2-4H3,(H,29,30)/t16-,17+,18?,22-,23?/m0/s1. The number of nitrogens with zero attached hydrogens (tertiary/aromatic N) is 2. The van der Waals surface area contributed by atoms with E-state index in [1.54, 1.807) is 22.8 Å². The molecule has 3 saturated heterocycles. The summed E-state index contributed by atoms with van der Waals surface area (Å²) in [6.07, 6.45) is 5.74. The zero-order valence-electron chi connectivity index (χ0n) is 18.9. The molecule has 2 bridgehead atoms. The summed E-state index contributed by atoms with van der Waals surface area (Å²) in [5.74, 6) is -3.30. The van der Waals surface area contributed by atoms with Crippen molar-refractivity contribution < 1.29 is 29.3 Å². The highest BCUT2D eigenvalue weighted by Crippen LogP contribution is 2.63. The molecule has 3 aliphatic rings. The van der Waals surface area contributed by atoms with Gasteiger partial charge < -0.3 is 24.7 Å². The monoisotopic (exact) mass is 436 g/mol. The third-order valence-corrected chi connectivity index (χ3v) is 7.32. The number of aliphatic carboxylic acids is 1. The van der Waals surface area contributed by atoms with E-state index in [0.29, 0.717) is 38.8 Å². The maximum absolute atomic E-state index is 13.8. The van der Waals surface area contributed by atoms with Crippen LogP contribution in [-0.2, 0) is 19.1 Å². The van der Waals surface area contributed by atoms with Crippen molar-refractivity contribution in [1.29, 1.82) is 0 Å². The first kappa shape index (κ1) is 23.7. The molecule has 3 rings (SSSR count). The Morgan fingerprint density at radius 2 is 1.97 bits per heavy atom. The molecule has 3 heterocycles. The fourth-order valence-electron chi connectivity index (χ4n) is 5.92. The van der Waals surface area contributed by atoms with Crippen LogP contribution < -0.4 is 0 Å². The summed E-state index contributed by atoms with van der Waals surface area (Å²) in [7, 11) is 0. The van der Waals surface area contributed by atoms with E-state index in [4.69, 9.17) is 9.84 Å². The number of ether oxygens (including phenoxy) is 1. The van der Waals surface area contributed by atoms with Crippen molar-refractivity contribution in [3.63, 3.8) is 0 Å². The molecule has 0 aliphatic carbocycles. The quantitative estimate of drug-likeness (QED) is 0.378. The van der Waals surface area contributed by atoms with Gasteiger partial charge in [0, 0.05) is 25.7 Å². The number of aliphatic hydroxyl groups is 1. The highest BCUT2D eigenvalue weighted by atomic mass is 16.5. The third-order valence-electron chi connectivity index (χ3n) is 7.32. The van der Waals surface area contributed by atoms with Gasteiger partial charge in [-0.25, -0.2) is 0 Å². The van der Waals surface area contributed by atoms with Gasteiger partial charge in [-0.05, 0) is 46.5 Å². The van der Waals surface area contributed by atoms with E-state index in [0.717, 1.165) is 12.8 Å². The van der Waals surface area contributed by atoms with Crippen LogP contribution in [0, 0.1) is 11.8 Å². The molecule has 8 nitrogen and oxygen atoms in total. The van der Waals surface area contributed by atoms with Crippen LogP contribution in [0.1, 0.15) is 59.3 Å². The summed E-state index contributed by atoms with van der Waals surface area (Å²) < 4.78 is 6.38. The van der Waals surface area contributed by atoms with Crippen LogP contribution in [0.2, 0.25) is 0 Å². The average molecular weight is 437 g/mol. The minimum absolute atomic E-state index is 0.0908. The molecule has 174 valence electrons. The molecular formula is C23H36N2O6. The van der Waals surface area contributed by atoms with Gasteiger partial charge in [-0.2, -0.15) is 0 Å². The van der Waals surface area contributed by atoms with Crippen LogP contribution in [0.25, 0.3) is 0 Å². The number of carboxylic acids is 1. The fourth-order valence-corrected chi connectivity index (χ4v) is 5.92. The van der Waals surface area contributed by atoms with E-state index in [9.17, 15) is 19.5 Å². The first-order valence-electron chi connectivity index (χ1n) is 11.4. The first-order chi connectivity index (χ1) is 14.6. The molecule has 8 heteroatoms. The van der Waals surface area contributed by atoms with E-state index >= 15 is 0 Å². The molecule has 0 aromatic heterocycles. The number of carbonyl (C=O) groups is 3. The Bertz CT molecular complexity index is 740. The summed E-state index contributed by atoms with van der Waals surface area (Å²) in [5, 5.41) is 18.9. The molecule has 0 saturated carbocycles. The lowest BCUT2D eigenvalue weighted by atomic mass is 9.66. The molecule has 2 amide bonds. The number of fused-ring (bicyclic) bond motifs is 1. The molecule has 3 fully saturated rings. The zero-order chi connectivity index (χ0) is 23.0. The van der Waals surface area contributed by atoms with Crippen molar-refractivity contribution >= 4 is 17.8 Å². The van der Waals surface area contributed by atoms with Crippen LogP contribution in [0.5, 0.6) is 0 Å². The highest BCUT2D eigenvalue weighted by molar-refractivity contribution is 5.98. The van der Waals surface area contributed by atoms with Gasteiger partial charge in [-0.15, -0.1) is 6.58 Å². The maximum Gasteiger partial charge on any atom is 0.310 e. The number of rotatable bonds is 11. The Labute approximate surface area is 184 Å². The van der Waals surface area contributed by atoms with E-state index in [-0.39, 0.29) is 24.5 Å². The Balaban J connectivity index is 1.96. The van der Waals surface area contributed by atoms with Gasteiger partial charge >= 0.3 is 5.97 Å². The van der Waals surface area contributed by atoms with Crippen LogP contribution in [0.3, 0.4) is 0 Å². The SMILES string of the molecule is C=CCN(C(=O)C1N(CCCCCCO)C(=O)[C@@H]2[C@H](C(=O)O)[C@]3(C)CCC12O3)C(C)C.